The fraction of sp³-hybridized carbons (Fsp3) is 0.588. The molecule has 1 atom stereocenters. The standard InChI is InChI=1S/C17H26N2OS/c1-12-5-6-13(2)15(11-12)21-10-4-9-17(3,16(18)20)19-14-7-8-14/h5-6,11,14,19H,4,7-10H2,1-3H3,(H2,18,20). The number of nitrogens with one attached hydrogen (secondary N) is 1. The lowest BCUT2D eigenvalue weighted by atomic mass is 9.95. The van der Waals surface area contributed by atoms with Gasteiger partial charge in [0, 0.05) is 10.9 Å². The lowest BCUT2D eigenvalue weighted by Gasteiger charge is -2.27. The number of thioether (sulfide) groups is 1. The normalized spacial score (nSPS) is 17.5. The third kappa shape index (κ3) is 4.75. The summed E-state index contributed by atoms with van der Waals surface area (Å²) in [6.07, 6.45) is 4.12. The van der Waals surface area contributed by atoms with Crippen LogP contribution in [-0.4, -0.2) is 23.2 Å². The molecule has 1 aromatic carbocycles. The SMILES string of the molecule is Cc1ccc(C)c(SCCCC(C)(NC2CC2)C(N)=O)c1. The van der Waals surface area contributed by atoms with Crippen LogP contribution in [0.25, 0.3) is 0 Å². The third-order valence-electron chi connectivity index (χ3n) is 4.07. The first kappa shape index (κ1) is 16.4. The van der Waals surface area contributed by atoms with Crippen LogP contribution in [0.3, 0.4) is 0 Å². The molecule has 0 heterocycles. The van der Waals surface area contributed by atoms with Crippen molar-refractivity contribution >= 4 is 17.7 Å². The Bertz CT molecular complexity index is 514. The molecule has 3 nitrogen and oxygen atoms in total. The Morgan fingerprint density at radius 1 is 1.43 bits per heavy atom. The Morgan fingerprint density at radius 2 is 2.14 bits per heavy atom. The highest BCUT2D eigenvalue weighted by Crippen LogP contribution is 2.28. The van der Waals surface area contributed by atoms with Crippen molar-refractivity contribution in [3.8, 4) is 0 Å². The van der Waals surface area contributed by atoms with Gasteiger partial charge in [-0.1, -0.05) is 17.7 Å². The molecular weight excluding hydrogens is 280 g/mol. The van der Waals surface area contributed by atoms with Crippen molar-refractivity contribution in [1.29, 1.82) is 0 Å². The summed E-state index contributed by atoms with van der Waals surface area (Å²) in [5.41, 5.74) is 7.63. The molecule has 116 valence electrons. The largest absolute Gasteiger partial charge is 0.368 e. The molecule has 1 amide bonds. The number of nitrogens with two attached hydrogens (primary N) is 1. The quantitative estimate of drug-likeness (QED) is 0.573. The molecule has 4 heteroatoms. The van der Waals surface area contributed by atoms with Crippen molar-refractivity contribution in [2.24, 2.45) is 5.73 Å². The number of primary amides is 1. The Labute approximate surface area is 132 Å². The van der Waals surface area contributed by atoms with E-state index in [1.54, 1.807) is 0 Å². The molecule has 0 saturated heterocycles. The van der Waals surface area contributed by atoms with Crippen molar-refractivity contribution in [2.75, 3.05) is 5.75 Å². The molecular formula is C17H26N2OS. The van der Waals surface area contributed by atoms with Crippen molar-refractivity contribution in [3.05, 3.63) is 29.3 Å². The van der Waals surface area contributed by atoms with Crippen molar-refractivity contribution in [2.45, 2.75) is 62.9 Å². The highest BCUT2D eigenvalue weighted by Gasteiger charge is 2.36. The first-order chi connectivity index (χ1) is 9.90. The highest BCUT2D eigenvalue weighted by atomic mass is 32.2. The van der Waals surface area contributed by atoms with Gasteiger partial charge in [-0.2, -0.15) is 0 Å². The monoisotopic (exact) mass is 306 g/mol. The van der Waals surface area contributed by atoms with E-state index >= 15 is 0 Å². The van der Waals surface area contributed by atoms with E-state index in [4.69, 9.17) is 5.73 Å². The molecule has 1 unspecified atom stereocenters. The summed E-state index contributed by atoms with van der Waals surface area (Å²) in [6, 6.07) is 7.03. The maximum atomic E-state index is 11.7. The van der Waals surface area contributed by atoms with Gasteiger partial charge in [-0.3, -0.25) is 4.79 Å². The summed E-state index contributed by atoms with van der Waals surface area (Å²) in [5.74, 6) is 0.783. The predicted molar refractivity (Wildman–Crippen MR) is 89.6 cm³/mol. The topological polar surface area (TPSA) is 55.1 Å². The number of hydrogen-bond acceptors (Lipinski definition) is 3. The van der Waals surface area contributed by atoms with Crippen LogP contribution in [-0.2, 0) is 4.79 Å². The van der Waals surface area contributed by atoms with Gasteiger partial charge in [-0.25, -0.2) is 0 Å². The van der Waals surface area contributed by atoms with Gasteiger partial charge in [0.1, 0.15) is 0 Å². The molecule has 2 rings (SSSR count). The summed E-state index contributed by atoms with van der Waals surface area (Å²) < 4.78 is 0. The molecule has 0 radical (unpaired) electrons. The Morgan fingerprint density at radius 3 is 2.76 bits per heavy atom. The van der Waals surface area contributed by atoms with Gasteiger partial charge in [-0.05, 0) is 63.8 Å². The summed E-state index contributed by atoms with van der Waals surface area (Å²) >= 11 is 1.87. The Balaban J connectivity index is 1.82. The number of benzene rings is 1. The molecule has 1 aromatic rings. The number of carbonyl (C=O) groups is 1. The van der Waals surface area contributed by atoms with E-state index in [1.165, 1.54) is 28.9 Å². The predicted octanol–water partition coefficient (Wildman–Crippen LogP) is 3.17. The second-order valence-corrected chi connectivity index (χ2v) is 7.47. The van der Waals surface area contributed by atoms with Gasteiger partial charge in [0.2, 0.25) is 5.91 Å². The molecule has 3 N–H and O–H groups in total. The Kier molecular flexibility index (Phi) is 5.33. The number of rotatable bonds is 8. The third-order valence-corrected chi connectivity index (χ3v) is 5.31. The molecule has 1 aliphatic rings. The van der Waals surface area contributed by atoms with Crippen LogP contribution in [0.15, 0.2) is 23.1 Å². The minimum atomic E-state index is -0.552. The van der Waals surface area contributed by atoms with E-state index in [0.717, 1.165) is 18.6 Å². The molecule has 0 aliphatic heterocycles. The summed E-state index contributed by atoms with van der Waals surface area (Å²) in [6.45, 7) is 6.20. The van der Waals surface area contributed by atoms with E-state index in [2.05, 4.69) is 37.4 Å². The fourth-order valence-electron chi connectivity index (χ4n) is 2.42. The van der Waals surface area contributed by atoms with Crippen molar-refractivity contribution < 1.29 is 4.79 Å². The molecule has 1 aliphatic carbocycles. The maximum Gasteiger partial charge on any atom is 0.237 e. The van der Waals surface area contributed by atoms with Crippen molar-refractivity contribution in [3.63, 3.8) is 0 Å². The van der Waals surface area contributed by atoms with Crippen LogP contribution in [0.5, 0.6) is 0 Å². The minimum Gasteiger partial charge on any atom is -0.368 e. The molecule has 1 fully saturated rings. The zero-order chi connectivity index (χ0) is 15.5. The van der Waals surface area contributed by atoms with E-state index in [-0.39, 0.29) is 5.91 Å². The maximum absolute atomic E-state index is 11.7. The van der Waals surface area contributed by atoms with E-state index in [0.29, 0.717) is 6.04 Å². The molecule has 0 bridgehead atoms. The van der Waals surface area contributed by atoms with Gasteiger partial charge < -0.3 is 11.1 Å². The smallest absolute Gasteiger partial charge is 0.237 e. The summed E-state index contributed by atoms with van der Waals surface area (Å²) in [4.78, 5) is 13.0. The van der Waals surface area contributed by atoms with Gasteiger partial charge in [0.05, 0.1) is 5.54 Å². The van der Waals surface area contributed by atoms with Gasteiger partial charge in [0.15, 0.2) is 0 Å². The average molecular weight is 306 g/mol. The second-order valence-electron chi connectivity index (χ2n) is 6.34. The van der Waals surface area contributed by atoms with E-state index < -0.39 is 5.54 Å². The first-order valence-electron chi connectivity index (χ1n) is 7.68. The molecule has 0 aromatic heterocycles. The van der Waals surface area contributed by atoms with Crippen LogP contribution < -0.4 is 11.1 Å². The number of amides is 1. The number of hydrogen-bond donors (Lipinski definition) is 2. The number of carbonyl (C=O) groups excluding carboxylic acids is 1. The summed E-state index contributed by atoms with van der Waals surface area (Å²) in [5, 5.41) is 3.40. The van der Waals surface area contributed by atoms with Crippen LogP contribution >= 0.6 is 11.8 Å². The van der Waals surface area contributed by atoms with Gasteiger partial charge in [0.25, 0.3) is 0 Å². The van der Waals surface area contributed by atoms with Gasteiger partial charge in [-0.15, -0.1) is 11.8 Å². The van der Waals surface area contributed by atoms with Crippen LogP contribution in [0.2, 0.25) is 0 Å². The van der Waals surface area contributed by atoms with Crippen LogP contribution in [0, 0.1) is 13.8 Å². The zero-order valence-electron chi connectivity index (χ0n) is 13.2. The molecule has 21 heavy (non-hydrogen) atoms. The summed E-state index contributed by atoms with van der Waals surface area (Å²) in [7, 11) is 0. The van der Waals surface area contributed by atoms with Crippen LogP contribution in [0.1, 0.15) is 43.7 Å². The fourth-order valence-corrected chi connectivity index (χ4v) is 3.49. The second kappa shape index (κ2) is 6.84. The number of aryl methyl sites for hydroxylation is 2. The highest BCUT2D eigenvalue weighted by molar-refractivity contribution is 7.99. The Hall–Kier alpha value is -1.00. The van der Waals surface area contributed by atoms with E-state index in [1.807, 2.05) is 18.7 Å². The average Bonchev–Trinajstić information content (AvgIpc) is 3.22. The van der Waals surface area contributed by atoms with Gasteiger partial charge >= 0.3 is 0 Å². The molecule has 0 spiro atoms. The lowest BCUT2D eigenvalue weighted by Crippen LogP contribution is -2.54. The first-order valence-corrected chi connectivity index (χ1v) is 8.67. The zero-order valence-corrected chi connectivity index (χ0v) is 14.1. The van der Waals surface area contributed by atoms with Crippen LogP contribution in [0.4, 0.5) is 0 Å². The molecule has 1 saturated carbocycles. The van der Waals surface area contributed by atoms with Crippen molar-refractivity contribution in [1.82, 2.24) is 5.32 Å². The lowest BCUT2D eigenvalue weighted by molar-refractivity contribution is -0.124. The van der Waals surface area contributed by atoms with E-state index in [9.17, 15) is 4.79 Å². The minimum absolute atomic E-state index is 0.230.